The molecule has 4 aromatic rings. The Hall–Kier alpha value is -4.66. The Labute approximate surface area is 191 Å². The molecule has 9 heteroatoms. The lowest BCUT2D eigenvalue weighted by molar-refractivity contribution is 0.318. The highest BCUT2D eigenvalue weighted by Gasteiger charge is 2.08. The normalized spacial score (nSPS) is 10.7. The average molecular weight is 441 g/mol. The summed E-state index contributed by atoms with van der Waals surface area (Å²) in [6.07, 6.45) is 1.58. The fraction of sp³-hybridized carbons (Fsp3) is 0.0833. The third-order valence-electron chi connectivity index (χ3n) is 4.36. The predicted molar refractivity (Wildman–Crippen MR) is 130 cm³/mol. The monoisotopic (exact) mass is 441 g/mol. The van der Waals surface area contributed by atoms with Crippen LogP contribution in [0.3, 0.4) is 0 Å². The summed E-state index contributed by atoms with van der Waals surface area (Å²) in [5.74, 6) is 1.44. The topological polar surface area (TPSA) is 117 Å². The molecule has 1 aromatic heterocycles. The van der Waals surface area contributed by atoms with E-state index in [-0.39, 0.29) is 11.7 Å². The number of nitrogens with one attached hydrogen (secondary N) is 3. The van der Waals surface area contributed by atoms with Gasteiger partial charge in [0.1, 0.15) is 0 Å². The van der Waals surface area contributed by atoms with Crippen LogP contribution >= 0.6 is 0 Å². The van der Waals surface area contributed by atoms with E-state index in [0.717, 1.165) is 16.9 Å². The Morgan fingerprint density at radius 2 is 1.39 bits per heavy atom. The smallest absolute Gasteiger partial charge is 0.250 e. The molecule has 3 aromatic carbocycles. The Bertz CT molecular complexity index is 1160. The van der Waals surface area contributed by atoms with Crippen molar-refractivity contribution in [2.45, 2.75) is 6.92 Å². The average Bonchev–Trinajstić information content (AvgIpc) is 2.82. The molecule has 0 aliphatic rings. The summed E-state index contributed by atoms with van der Waals surface area (Å²) in [7, 11) is 0. The number of hydrogen-bond acceptors (Lipinski definition) is 9. The number of phenolic OH excluding ortho intramolecular Hbond substituents is 1. The standard InChI is InChI=1S/C24H23N7O2/c1-2-33-21-15-17(13-14-20(21)32)16-25-31-24-29-22(26-18-9-5-3-6-10-18)28-23(30-24)27-19-11-7-4-8-12-19/h3-16,32H,2H2,1H3,(H3,26,27,28,29,30,31)/b25-16+. The fourth-order valence-electron chi connectivity index (χ4n) is 2.89. The van der Waals surface area contributed by atoms with Crippen LogP contribution in [0.25, 0.3) is 0 Å². The van der Waals surface area contributed by atoms with Crippen LogP contribution in [0.4, 0.5) is 29.2 Å². The summed E-state index contributed by atoms with van der Waals surface area (Å²) in [6, 6.07) is 24.2. The zero-order valence-electron chi connectivity index (χ0n) is 17.9. The highest BCUT2D eigenvalue weighted by atomic mass is 16.5. The van der Waals surface area contributed by atoms with Gasteiger partial charge < -0.3 is 20.5 Å². The van der Waals surface area contributed by atoms with Gasteiger partial charge in [0, 0.05) is 11.4 Å². The van der Waals surface area contributed by atoms with Crippen molar-refractivity contribution in [3.8, 4) is 11.5 Å². The van der Waals surface area contributed by atoms with Crippen molar-refractivity contribution in [3.05, 3.63) is 84.4 Å². The molecule has 166 valence electrons. The first-order valence-corrected chi connectivity index (χ1v) is 10.3. The van der Waals surface area contributed by atoms with Gasteiger partial charge in [-0.25, -0.2) is 5.43 Å². The number of para-hydroxylation sites is 2. The molecule has 4 rings (SSSR count). The van der Waals surface area contributed by atoms with Gasteiger partial charge >= 0.3 is 0 Å². The van der Waals surface area contributed by atoms with Gasteiger partial charge in [-0.15, -0.1) is 0 Å². The minimum atomic E-state index is 0.0766. The van der Waals surface area contributed by atoms with Crippen LogP contribution in [-0.4, -0.2) is 32.9 Å². The minimum Gasteiger partial charge on any atom is -0.504 e. The maximum absolute atomic E-state index is 9.85. The van der Waals surface area contributed by atoms with E-state index in [1.165, 1.54) is 0 Å². The molecule has 33 heavy (non-hydrogen) atoms. The molecule has 0 aliphatic heterocycles. The van der Waals surface area contributed by atoms with Crippen LogP contribution in [0.2, 0.25) is 0 Å². The number of phenols is 1. The summed E-state index contributed by atoms with van der Waals surface area (Å²) in [4.78, 5) is 13.3. The summed E-state index contributed by atoms with van der Waals surface area (Å²) in [5.41, 5.74) is 5.26. The molecule has 0 aliphatic carbocycles. The second kappa shape index (κ2) is 10.6. The van der Waals surface area contributed by atoms with Crippen LogP contribution in [-0.2, 0) is 0 Å². The molecule has 0 spiro atoms. The minimum absolute atomic E-state index is 0.0766. The molecule has 4 N–H and O–H groups in total. The van der Waals surface area contributed by atoms with Crippen LogP contribution in [0.1, 0.15) is 12.5 Å². The highest BCUT2D eigenvalue weighted by molar-refractivity contribution is 5.81. The Morgan fingerprint density at radius 1 is 0.818 bits per heavy atom. The van der Waals surface area contributed by atoms with Crippen molar-refractivity contribution >= 4 is 35.4 Å². The third kappa shape index (κ3) is 6.17. The molecule has 0 saturated carbocycles. The van der Waals surface area contributed by atoms with Gasteiger partial charge in [0.25, 0.3) is 0 Å². The number of rotatable bonds is 9. The number of aromatic nitrogens is 3. The van der Waals surface area contributed by atoms with Gasteiger partial charge in [0.2, 0.25) is 17.8 Å². The van der Waals surface area contributed by atoms with Crippen LogP contribution in [0.15, 0.2) is 84.0 Å². The van der Waals surface area contributed by atoms with Crippen molar-refractivity contribution in [1.29, 1.82) is 0 Å². The van der Waals surface area contributed by atoms with E-state index in [4.69, 9.17) is 4.74 Å². The summed E-state index contributed by atoms with van der Waals surface area (Å²) < 4.78 is 5.40. The van der Waals surface area contributed by atoms with E-state index in [1.54, 1.807) is 24.4 Å². The zero-order chi connectivity index (χ0) is 22.9. The molecule has 0 amide bonds. The van der Waals surface area contributed by atoms with Crippen LogP contribution in [0.5, 0.6) is 11.5 Å². The van der Waals surface area contributed by atoms with Crippen molar-refractivity contribution in [2.24, 2.45) is 5.10 Å². The lowest BCUT2D eigenvalue weighted by Crippen LogP contribution is -2.07. The largest absolute Gasteiger partial charge is 0.504 e. The maximum atomic E-state index is 9.85. The second-order valence-corrected chi connectivity index (χ2v) is 6.82. The van der Waals surface area contributed by atoms with E-state index >= 15 is 0 Å². The first-order valence-electron chi connectivity index (χ1n) is 10.3. The van der Waals surface area contributed by atoms with Crippen LogP contribution < -0.4 is 20.8 Å². The van der Waals surface area contributed by atoms with E-state index in [1.807, 2.05) is 67.6 Å². The predicted octanol–water partition coefficient (Wildman–Crippen LogP) is 4.91. The highest BCUT2D eigenvalue weighted by Crippen LogP contribution is 2.26. The van der Waals surface area contributed by atoms with E-state index in [2.05, 4.69) is 36.1 Å². The molecule has 0 bridgehead atoms. The number of hydrazone groups is 1. The van der Waals surface area contributed by atoms with Crippen molar-refractivity contribution in [2.75, 3.05) is 22.7 Å². The van der Waals surface area contributed by atoms with Gasteiger partial charge in [-0.05, 0) is 55.0 Å². The van der Waals surface area contributed by atoms with E-state index < -0.39 is 0 Å². The molecule has 0 unspecified atom stereocenters. The molecular weight excluding hydrogens is 418 g/mol. The lowest BCUT2D eigenvalue weighted by Gasteiger charge is -2.10. The number of aromatic hydroxyl groups is 1. The summed E-state index contributed by atoms with van der Waals surface area (Å²) in [5, 5.41) is 20.4. The number of anilines is 5. The molecule has 0 saturated heterocycles. The molecule has 1 heterocycles. The molecule has 0 fully saturated rings. The Balaban J connectivity index is 1.55. The molecule has 9 nitrogen and oxygen atoms in total. The first-order chi connectivity index (χ1) is 16.2. The van der Waals surface area contributed by atoms with Crippen LogP contribution in [0, 0.1) is 0 Å². The molecule has 0 atom stereocenters. The van der Waals surface area contributed by atoms with Gasteiger partial charge in [-0.1, -0.05) is 36.4 Å². The lowest BCUT2D eigenvalue weighted by atomic mass is 10.2. The van der Waals surface area contributed by atoms with Gasteiger partial charge in [0.05, 0.1) is 12.8 Å². The van der Waals surface area contributed by atoms with E-state index in [0.29, 0.717) is 24.3 Å². The third-order valence-corrected chi connectivity index (χ3v) is 4.36. The fourth-order valence-corrected chi connectivity index (χ4v) is 2.89. The quantitative estimate of drug-likeness (QED) is 0.214. The number of ether oxygens (including phenoxy) is 1. The summed E-state index contributed by atoms with van der Waals surface area (Å²) >= 11 is 0. The van der Waals surface area contributed by atoms with Crippen molar-refractivity contribution in [3.63, 3.8) is 0 Å². The van der Waals surface area contributed by atoms with Crippen molar-refractivity contribution < 1.29 is 9.84 Å². The Kier molecular flexibility index (Phi) is 6.92. The second-order valence-electron chi connectivity index (χ2n) is 6.82. The SMILES string of the molecule is CCOc1cc(/C=N/Nc2nc(Nc3ccccc3)nc(Nc3ccccc3)n2)ccc1O. The number of benzene rings is 3. The zero-order valence-corrected chi connectivity index (χ0v) is 17.9. The molecule has 0 radical (unpaired) electrons. The van der Waals surface area contributed by atoms with Gasteiger partial charge in [0.15, 0.2) is 11.5 Å². The van der Waals surface area contributed by atoms with E-state index in [9.17, 15) is 5.11 Å². The number of hydrogen-bond donors (Lipinski definition) is 4. The number of nitrogens with zero attached hydrogens (tertiary/aromatic N) is 4. The van der Waals surface area contributed by atoms with Crippen molar-refractivity contribution in [1.82, 2.24) is 15.0 Å². The Morgan fingerprint density at radius 3 is 1.97 bits per heavy atom. The molecular formula is C24H23N7O2. The summed E-state index contributed by atoms with van der Waals surface area (Å²) in [6.45, 7) is 2.30. The maximum Gasteiger partial charge on any atom is 0.250 e. The van der Waals surface area contributed by atoms with Gasteiger partial charge in [-0.2, -0.15) is 20.1 Å². The first kappa shape index (κ1) is 21.6. The van der Waals surface area contributed by atoms with Gasteiger partial charge in [-0.3, -0.25) is 0 Å².